The highest BCUT2D eigenvalue weighted by Crippen LogP contribution is 2.50. The van der Waals surface area contributed by atoms with E-state index in [1.165, 1.54) is 0 Å². The molecule has 0 spiro atoms. The molecule has 0 atom stereocenters. The highest BCUT2D eigenvalue weighted by atomic mass is 79.9. The Morgan fingerprint density at radius 2 is 1.23 bits per heavy atom. The predicted octanol–water partition coefficient (Wildman–Crippen LogP) is 3.98. The summed E-state index contributed by atoms with van der Waals surface area (Å²) in [6.07, 6.45) is 0. The van der Waals surface area contributed by atoms with Crippen molar-refractivity contribution in [2.75, 3.05) is 0 Å². The van der Waals surface area contributed by atoms with Crippen LogP contribution < -0.4 is 0 Å². The average molecular weight is 270 g/mol. The summed E-state index contributed by atoms with van der Waals surface area (Å²) in [6, 6.07) is 0. The van der Waals surface area contributed by atoms with E-state index in [0.29, 0.717) is 0 Å². The topological polar surface area (TPSA) is 17.1 Å². The van der Waals surface area contributed by atoms with Crippen LogP contribution in [0.2, 0.25) is 0 Å². The van der Waals surface area contributed by atoms with E-state index in [9.17, 15) is 4.79 Å². The van der Waals surface area contributed by atoms with E-state index >= 15 is 0 Å². The van der Waals surface area contributed by atoms with Crippen LogP contribution in [-0.4, -0.2) is 9.57 Å². The molecule has 1 nitrogen and oxygen atoms in total. The van der Waals surface area contributed by atoms with Crippen molar-refractivity contribution in [3.8, 4) is 0 Å². The van der Waals surface area contributed by atoms with Crippen molar-refractivity contribution in [3.05, 3.63) is 0 Å². The first kappa shape index (κ1) is 13.4. The summed E-state index contributed by atoms with van der Waals surface area (Å²) >= 11 is 9.43. The molecule has 0 saturated heterocycles. The molecule has 13 heavy (non-hydrogen) atoms. The molecule has 0 heterocycles. The number of alkyl halides is 1. The van der Waals surface area contributed by atoms with Crippen LogP contribution in [-0.2, 0) is 4.79 Å². The third-order valence-corrected chi connectivity index (χ3v) is 4.47. The smallest absolute Gasteiger partial charge is 0.219 e. The van der Waals surface area contributed by atoms with Crippen LogP contribution in [0, 0.1) is 10.8 Å². The Morgan fingerprint density at radius 3 is 1.23 bits per heavy atom. The molecular formula is C10H18BrClO. The maximum absolute atomic E-state index is 11.5. The Morgan fingerprint density at radius 1 is 1.00 bits per heavy atom. The van der Waals surface area contributed by atoms with Gasteiger partial charge >= 0.3 is 0 Å². The number of hydrogen-bond acceptors (Lipinski definition) is 1. The Bertz CT molecular complexity index is 196. The van der Waals surface area contributed by atoms with E-state index in [1.807, 2.05) is 41.5 Å². The fourth-order valence-corrected chi connectivity index (χ4v) is 2.90. The molecule has 0 aliphatic rings. The van der Waals surface area contributed by atoms with E-state index in [1.54, 1.807) is 0 Å². The van der Waals surface area contributed by atoms with E-state index < -0.39 is 4.87 Å². The molecular weight excluding hydrogens is 251 g/mol. The molecule has 0 aliphatic carbocycles. The number of hydrogen-bond donors (Lipinski definition) is 0. The summed E-state index contributed by atoms with van der Waals surface area (Å²) in [5, 5.41) is 0. The van der Waals surface area contributed by atoms with Gasteiger partial charge in [0.15, 0.2) is 0 Å². The maximum Gasteiger partial charge on any atom is 0.219 e. The Labute approximate surface area is 94.4 Å². The maximum atomic E-state index is 11.5. The van der Waals surface area contributed by atoms with Gasteiger partial charge in [-0.25, -0.2) is 0 Å². The molecule has 0 N–H and O–H groups in total. The van der Waals surface area contributed by atoms with Crippen LogP contribution in [0.3, 0.4) is 0 Å². The monoisotopic (exact) mass is 268 g/mol. The lowest BCUT2D eigenvalue weighted by molar-refractivity contribution is -0.118. The molecule has 0 aromatic carbocycles. The fraction of sp³-hybridized carbons (Fsp3) is 0.900. The van der Waals surface area contributed by atoms with Crippen molar-refractivity contribution >= 4 is 32.2 Å². The van der Waals surface area contributed by atoms with Gasteiger partial charge in [0.2, 0.25) is 4.69 Å². The van der Waals surface area contributed by atoms with Crippen molar-refractivity contribution in [2.45, 2.75) is 46.4 Å². The molecule has 0 bridgehead atoms. The van der Waals surface area contributed by atoms with Crippen molar-refractivity contribution < 1.29 is 4.79 Å². The molecule has 0 unspecified atom stereocenters. The number of rotatable bonds is 1. The zero-order chi connectivity index (χ0) is 11.1. The largest absolute Gasteiger partial charge is 0.285 e. The van der Waals surface area contributed by atoms with Crippen LogP contribution in [0.1, 0.15) is 41.5 Å². The van der Waals surface area contributed by atoms with Gasteiger partial charge in [0.1, 0.15) is 4.87 Å². The second-order valence-corrected chi connectivity index (χ2v) is 6.72. The molecule has 0 amide bonds. The molecule has 3 heteroatoms. The lowest BCUT2D eigenvalue weighted by Crippen LogP contribution is -2.52. The second-order valence-electron chi connectivity index (χ2n) is 5.43. The van der Waals surface area contributed by atoms with Crippen LogP contribution in [0.25, 0.3) is 0 Å². The number of carbonyl (C=O) groups is 1. The van der Waals surface area contributed by atoms with Crippen molar-refractivity contribution in [2.24, 2.45) is 10.8 Å². The second kappa shape index (κ2) is 3.54. The van der Waals surface area contributed by atoms with E-state index in [0.717, 1.165) is 0 Å². The molecule has 0 aromatic heterocycles. The lowest BCUT2D eigenvalue weighted by atomic mass is 9.66. The summed E-state index contributed by atoms with van der Waals surface area (Å²) in [6.45, 7) is 11.9. The van der Waals surface area contributed by atoms with E-state index in [2.05, 4.69) is 15.9 Å². The Kier molecular flexibility index (Phi) is 3.66. The fourth-order valence-electron chi connectivity index (χ4n) is 1.71. The van der Waals surface area contributed by atoms with Crippen molar-refractivity contribution in [1.82, 2.24) is 0 Å². The minimum absolute atomic E-state index is 0.137. The zero-order valence-electron chi connectivity index (χ0n) is 9.16. The highest BCUT2D eigenvalue weighted by Gasteiger charge is 2.53. The first-order valence-electron chi connectivity index (χ1n) is 4.33. The van der Waals surface area contributed by atoms with Gasteiger partial charge in [-0.2, -0.15) is 0 Å². The normalized spacial score (nSPS) is 14.5. The summed E-state index contributed by atoms with van der Waals surface area (Å²) < 4.78 is -0.137. The lowest BCUT2D eigenvalue weighted by Gasteiger charge is -2.46. The predicted molar refractivity (Wildman–Crippen MR) is 61.4 cm³/mol. The van der Waals surface area contributed by atoms with Gasteiger partial charge in [0.05, 0.1) is 0 Å². The third kappa shape index (κ3) is 2.27. The van der Waals surface area contributed by atoms with Crippen LogP contribution >= 0.6 is 27.5 Å². The SMILES string of the molecule is CC(C)(C)C(Cl)(C(=O)Br)C(C)(C)C. The van der Waals surface area contributed by atoms with Gasteiger partial charge < -0.3 is 0 Å². The van der Waals surface area contributed by atoms with Crippen LogP contribution in [0.15, 0.2) is 0 Å². The molecule has 0 saturated carbocycles. The Balaban J connectivity index is 5.35. The highest BCUT2D eigenvalue weighted by molar-refractivity contribution is 9.18. The summed E-state index contributed by atoms with van der Waals surface area (Å²) in [4.78, 5) is 10.7. The van der Waals surface area contributed by atoms with Crippen molar-refractivity contribution in [1.29, 1.82) is 0 Å². The van der Waals surface area contributed by atoms with Gasteiger partial charge in [-0.3, -0.25) is 4.79 Å². The van der Waals surface area contributed by atoms with Gasteiger partial charge in [-0.1, -0.05) is 41.5 Å². The quantitative estimate of drug-likeness (QED) is 0.520. The molecule has 0 fully saturated rings. The minimum atomic E-state index is -0.875. The van der Waals surface area contributed by atoms with Crippen LogP contribution in [0.4, 0.5) is 0 Å². The van der Waals surface area contributed by atoms with Gasteiger partial charge in [0.25, 0.3) is 0 Å². The number of halogens is 2. The summed E-state index contributed by atoms with van der Waals surface area (Å²) in [7, 11) is 0. The van der Waals surface area contributed by atoms with Crippen molar-refractivity contribution in [3.63, 3.8) is 0 Å². The zero-order valence-corrected chi connectivity index (χ0v) is 11.5. The number of carbonyl (C=O) groups excluding carboxylic acids is 1. The van der Waals surface area contributed by atoms with E-state index in [4.69, 9.17) is 11.6 Å². The first-order chi connectivity index (χ1) is 5.44. The van der Waals surface area contributed by atoms with Gasteiger partial charge in [-0.15, -0.1) is 11.6 Å². The average Bonchev–Trinajstić information content (AvgIpc) is 1.80. The Hall–Kier alpha value is 0.440. The van der Waals surface area contributed by atoms with Crippen LogP contribution in [0.5, 0.6) is 0 Å². The summed E-state index contributed by atoms with van der Waals surface area (Å²) in [5.41, 5.74) is -0.541. The molecule has 78 valence electrons. The first-order valence-corrected chi connectivity index (χ1v) is 5.50. The van der Waals surface area contributed by atoms with E-state index in [-0.39, 0.29) is 15.5 Å². The van der Waals surface area contributed by atoms with Gasteiger partial charge in [-0.05, 0) is 26.8 Å². The molecule has 0 rings (SSSR count). The third-order valence-electron chi connectivity index (χ3n) is 2.34. The standard InChI is InChI=1S/C10H18BrClO/c1-8(2,3)10(12,7(11)13)9(4,5)6/h1-6H3. The minimum Gasteiger partial charge on any atom is -0.285 e. The van der Waals surface area contributed by atoms with Gasteiger partial charge in [0, 0.05) is 0 Å². The summed E-state index contributed by atoms with van der Waals surface area (Å²) in [5.74, 6) is 0. The molecule has 0 aromatic rings. The molecule has 0 radical (unpaired) electrons. The molecule has 0 aliphatic heterocycles.